The molecule has 10 rings (SSSR count). The van der Waals surface area contributed by atoms with E-state index in [0.717, 1.165) is 12.1 Å². The van der Waals surface area contributed by atoms with E-state index in [2.05, 4.69) is 43.1 Å². The van der Waals surface area contributed by atoms with Gasteiger partial charge in [-0.25, -0.2) is 36.3 Å². The van der Waals surface area contributed by atoms with Crippen molar-refractivity contribution >= 4 is 80.1 Å². The zero-order valence-corrected chi connectivity index (χ0v) is 50.6. The van der Waals surface area contributed by atoms with E-state index in [1.807, 2.05) is 0 Å². The van der Waals surface area contributed by atoms with Gasteiger partial charge in [0.1, 0.15) is 59.9 Å². The smallest absolute Gasteiger partial charge is 0.418 e. The first-order valence-corrected chi connectivity index (χ1v) is 28.7. The molecule has 2 amide bonds. The van der Waals surface area contributed by atoms with Crippen molar-refractivity contribution in [3.8, 4) is 34.5 Å². The Kier molecular flexibility index (Phi) is 19.2. The number of anilines is 4. The van der Waals surface area contributed by atoms with Gasteiger partial charge in [0.15, 0.2) is 23.3 Å². The molecule has 4 saturated heterocycles. The number of fused-ring (bicyclic) bond motifs is 2. The number of carbonyl (C=O) groups excluding carboxylic acids is 2. The average Bonchev–Trinajstić information content (AvgIpc) is 0.889. The molecule has 6 atom stereocenters. The van der Waals surface area contributed by atoms with Crippen molar-refractivity contribution < 1.29 is 71.7 Å². The summed E-state index contributed by atoms with van der Waals surface area (Å²) in [5.74, 6) is -6.70. The summed E-state index contributed by atoms with van der Waals surface area (Å²) in [6.07, 6.45) is -11.6. The summed E-state index contributed by atoms with van der Waals surface area (Å²) in [5, 5.41) is -0.714. The van der Waals surface area contributed by atoms with Crippen molar-refractivity contribution in [3.63, 3.8) is 0 Å². The van der Waals surface area contributed by atoms with Crippen LogP contribution in [-0.4, -0.2) is 177 Å². The molecule has 4 aliphatic rings. The number of halogens is 14. The second-order valence-electron chi connectivity index (χ2n) is 22.6. The van der Waals surface area contributed by atoms with E-state index >= 15 is 8.78 Å². The molecule has 0 unspecified atom stereocenters. The molecule has 0 radical (unpaired) electrons. The Labute approximate surface area is 517 Å². The van der Waals surface area contributed by atoms with Crippen LogP contribution < -0.4 is 30.7 Å². The third-order valence-corrected chi connectivity index (χ3v) is 16.7. The summed E-state index contributed by atoms with van der Waals surface area (Å²) >= 11 is 13.0. The number of hydrogen-bond acceptors (Lipinski definition) is 16. The number of ether oxygens (including phenoxy) is 2. The number of nitrogens with two attached hydrogens (primary N) is 2. The highest BCUT2D eigenvalue weighted by atomic mass is 35.5. The van der Waals surface area contributed by atoms with Crippen molar-refractivity contribution in [3.05, 3.63) is 93.0 Å². The molecule has 4 aromatic heterocycles. The van der Waals surface area contributed by atoms with E-state index in [4.69, 9.17) is 44.1 Å². The first kappa shape index (κ1) is 66.7. The Morgan fingerprint density at radius 2 is 0.956 bits per heavy atom. The number of benzene rings is 2. The Morgan fingerprint density at radius 3 is 1.26 bits per heavy atom. The fraction of sp³-hybridized carbons (Fsp3) is 0.448. The lowest BCUT2D eigenvalue weighted by Gasteiger charge is -2.40. The van der Waals surface area contributed by atoms with Crippen LogP contribution in [0.3, 0.4) is 0 Å². The summed E-state index contributed by atoms with van der Waals surface area (Å²) in [7, 11) is 3.45. The lowest BCUT2D eigenvalue weighted by molar-refractivity contribution is -0.138. The van der Waals surface area contributed by atoms with Crippen LogP contribution in [0.5, 0.6) is 12.0 Å². The molecule has 0 spiro atoms. The second kappa shape index (κ2) is 25.9. The molecule has 2 aromatic carbocycles. The number of nitrogens with zero attached hydrogens (tertiary/aromatic N) is 12. The van der Waals surface area contributed by atoms with E-state index in [1.54, 1.807) is 47.5 Å². The molecule has 32 heteroatoms. The zero-order valence-electron chi connectivity index (χ0n) is 49.1. The van der Waals surface area contributed by atoms with Crippen molar-refractivity contribution in [2.75, 3.05) is 101 Å². The molecule has 4 fully saturated rings. The van der Waals surface area contributed by atoms with Crippen LogP contribution in [0.25, 0.3) is 44.3 Å². The van der Waals surface area contributed by atoms with Crippen LogP contribution in [0.15, 0.2) is 49.1 Å². The van der Waals surface area contributed by atoms with Gasteiger partial charge in [-0.2, -0.15) is 46.3 Å². The number of nitrogen functional groups attached to an aromatic ring is 2. The topological polar surface area (TPSA) is 201 Å². The zero-order chi connectivity index (χ0) is 65.9. The number of likely N-dealkylation sites (N-methyl/N-ethyl adjacent to an activating group) is 2. The van der Waals surface area contributed by atoms with E-state index in [9.17, 15) is 53.5 Å². The van der Waals surface area contributed by atoms with Gasteiger partial charge in [-0.15, -0.1) is 0 Å². The minimum atomic E-state index is -4.92. The predicted molar refractivity (Wildman–Crippen MR) is 314 cm³/mol. The molecule has 0 saturated carbocycles. The minimum absolute atomic E-state index is 0.0471. The highest BCUT2D eigenvalue weighted by Crippen LogP contribution is 2.47. The summed E-state index contributed by atoms with van der Waals surface area (Å²) < 4.78 is 185. The number of amides is 2. The first-order valence-electron chi connectivity index (χ1n) is 28.0. The van der Waals surface area contributed by atoms with E-state index in [1.165, 1.54) is 35.8 Å². The molecule has 0 bridgehead atoms. The molecular weight excluding hydrogens is 1260 g/mol. The Morgan fingerprint density at radius 1 is 0.600 bits per heavy atom. The third kappa shape index (κ3) is 13.7. The van der Waals surface area contributed by atoms with E-state index in [0.29, 0.717) is 0 Å². The number of hydrogen-bond donors (Lipinski definition) is 2. The standard InChI is InChI=1S/2C29H30ClF6N7O2/c2*1-13-7-20(37)38-25(22(13)29(34,35)36)21-19(30)9-18-24(23(21)33)39-28(45-12-17-8-16(32)11-41(17)4)40-26(18)43-6-5-42(10-14(43)2)27(44)15(3)31/h2*7,9,14,16-17H,3,5-6,8,10-12H2,1-2,4H3,(H2,37,38)/t2*14-,16+,17-/m00/s1. The van der Waals surface area contributed by atoms with Gasteiger partial charge >= 0.3 is 24.4 Å². The molecular formula is C58H60Cl2F12N14O4. The highest BCUT2D eigenvalue weighted by Gasteiger charge is 2.42. The maximum absolute atomic E-state index is 16.5. The third-order valence-electron chi connectivity index (χ3n) is 16.1. The van der Waals surface area contributed by atoms with Crippen LogP contribution in [-0.2, 0) is 21.9 Å². The quantitative estimate of drug-likeness (QED) is 0.0865. The summed E-state index contributed by atoms with van der Waals surface area (Å²) in [4.78, 5) is 59.0. The predicted octanol–water partition coefficient (Wildman–Crippen LogP) is 10.7. The Balaban J connectivity index is 0.000000213. The molecule has 6 aromatic rings. The van der Waals surface area contributed by atoms with Gasteiger partial charge in [0.05, 0.1) is 43.7 Å². The minimum Gasteiger partial charge on any atom is -0.462 e. The summed E-state index contributed by atoms with van der Waals surface area (Å²) in [5.41, 5.74) is 4.80. The number of alkyl halides is 8. The normalized spacial score (nSPS) is 21.1. The van der Waals surface area contributed by atoms with Gasteiger partial charge in [0, 0.05) is 87.3 Å². The fourth-order valence-electron chi connectivity index (χ4n) is 11.8. The van der Waals surface area contributed by atoms with Crippen LogP contribution >= 0.6 is 23.2 Å². The number of piperazine rings is 2. The molecule has 0 aliphatic carbocycles. The van der Waals surface area contributed by atoms with Gasteiger partial charge in [-0.05, 0) is 90.0 Å². The molecule has 8 heterocycles. The molecule has 484 valence electrons. The number of likely N-dealkylation sites (tertiary alicyclic amines) is 2. The maximum atomic E-state index is 16.5. The van der Waals surface area contributed by atoms with E-state index < -0.39 is 127 Å². The van der Waals surface area contributed by atoms with Gasteiger partial charge in [-0.1, -0.05) is 36.4 Å². The van der Waals surface area contributed by atoms with Gasteiger partial charge < -0.3 is 40.5 Å². The Bertz CT molecular complexity index is 3590. The van der Waals surface area contributed by atoms with Gasteiger partial charge in [0.2, 0.25) is 0 Å². The van der Waals surface area contributed by atoms with Crippen molar-refractivity contribution in [2.45, 2.75) is 89.4 Å². The molecule has 90 heavy (non-hydrogen) atoms. The van der Waals surface area contributed by atoms with Crippen LogP contribution in [0.1, 0.15) is 48.9 Å². The summed E-state index contributed by atoms with van der Waals surface area (Å²) in [6, 6.07) is 2.27. The number of aryl methyl sites for hydroxylation is 2. The lowest BCUT2D eigenvalue weighted by Crippen LogP contribution is -2.54. The molecule has 4 N–H and O–H groups in total. The fourth-order valence-corrected chi connectivity index (χ4v) is 12.4. The monoisotopic (exact) mass is 1310 g/mol. The maximum Gasteiger partial charge on any atom is 0.418 e. The number of rotatable bonds is 12. The van der Waals surface area contributed by atoms with Crippen LogP contribution in [0.4, 0.5) is 76.0 Å². The lowest BCUT2D eigenvalue weighted by atomic mass is 9.99. The van der Waals surface area contributed by atoms with Crippen molar-refractivity contribution in [1.82, 2.24) is 49.5 Å². The van der Waals surface area contributed by atoms with Crippen LogP contribution in [0.2, 0.25) is 10.0 Å². The van der Waals surface area contributed by atoms with Crippen molar-refractivity contribution in [2.24, 2.45) is 0 Å². The number of pyridine rings is 2. The van der Waals surface area contributed by atoms with Gasteiger partial charge in [0.25, 0.3) is 11.8 Å². The SMILES string of the molecule is C=C(F)C(=O)N1CCN(c2nc(OC[C@@H]3C[C@@H](F)CN3C)nc3c(F)c(-c4nc(N)cc(C)c4C(F)(F)F)c(Cl)cc23)[C@@H](C)C1.C=C(F)C(=O)N1CCN(c2nc(OC[C@@H]3C[C@@H](F)CN3C)nc3c(F)c(-c4nc(N)cc(C)c4C(F)(F)F)c(Cl)cc23)[C@@H](C)C1. The molecule has 4 aliphatic heterocycles. The first-order chi connectivity index (χ1) is 42.1. The second-order valence-corrected chi connectivity index (χ2v) is 23.4. The highest BCUT2D eigenvalue weighted by molar-refractivity contribution is 6.35. The largest absolute Gasteiger partial charge is 0.462 e. The van der Waals surface area contributed by atoms with E-state index in [-0.39, 0.29) is 148 Å². The average molecular weight is 1320 g/mol. The Hall–Kier alpha value is -7.70. The van der Waals surface area contributed by atoms with Crippen LogP contribution in [0, 0.1) is 25.5 Å². The molecule has 18 nitrogen and oxygen atoms in total. The van der Waals surface area contributed by atoms with Gasteiger partial charge in [-0.3, -0.25) is 19.4 Å². The number of aromatic nitrogens is 6. The van der Waals surface area contributed by atoms with Crippen molar-refractivity contribution in [1.29, 1.82) is 0 Å². The summed E-state index contributed by atoms with van der Waals surface area (Å²) in [6.45, 7) is 12.7. The number of carbonyl (C=O) groups is 2.